The molecular weight excluding hydrogens is 232 g/mol. The van der Waals surface area contributed by atoms with Crippen LogP contribution in [0.1, 0.15) is 44.6 Å². The van der Waals surface area contributed by atoms with E-state index in [0.29, 0.717) is 0 Å². The molecule has 0 unspecified atom stereocenters. The van der Waals surface area contributed by atoms with Gasteiger partial charge in [-0.1, -0.05) is 19.1 Å². The first-order valence-electron chi connectivity index (χ1n) is 7.93. The number of benzene rings is 1. The van der Waals surface area contributed by atoms with Gasteiger partial charge in [0.1, 0.15) is 0 Å². The Morgan fingerprint density at radius 2 is 1.84 bits per heavy atom. The van der Waals surface area contributed by atoms with Crippen LogP contribution in [-0.2, 0) is 6.54 Å². The van der Waals surface area contributed by atoms with Gasteiger partial charge in [-0.15, -0.1) is 0 Å². The molecule has 0 atom stereocenters. The fraction of sp³-hybridized carbons (Fsp3) is 0.647. The lowest BCUT2D eigenvalue weighted by atomic mass is 10.2. The Kier molecular flexibility index (Phi) is 4.07. The van der Waals surface area contributed by atoms with Gasteiger partial charge < -0.3 is 10.2 Å². The first kappa shape index (κ1) is 13.0. The molecule has 3 rings (SSSR count). The minimum atomic E-state index is 0.838. The molecule has 1 aromatic rings. The van der Waals surface area contributed by atoms with Gasteiger partial charge in [0.05, 0.1) is 0 Å². The zero-order valence-electron chi connectivity index (χ0n) is 12.1. The maximum atomic E-state index is 3.46. The Labute approximate surface area is 117 Å². The number of nitrogens with one attached hydrogen (secondary N) is 1. The Morgan fingerprint density at radius 3 is 2.42 bits per heavy atom. The number of hydrogen-bond donors (Lipinski definition) is 1. The summed E-state index contributed by atoms with van der Waals surface area (Å²) in [5.41, 5.74) is 2.84. The minimum absolute atomic E-state index is 0.838. The summed E-state index contributed by atoms with van der Waals surface area (Å²) in [4.78, 5) is 2.65. The van der Waals surface area contributed by atoms with Gasteiger partial charge in [0.2, 0.25) is 0 Å². The van der Waals surface area contributed by atoms with Crippen LogP contribution in [0, 0.1) is 5.92 Å². The quantitative estimate of drug-likeness (QED) is 0.717. The molecular formula is C17H26N2. The second kappa shape index (κ2) is 5.96. The number of hydrogen-bond acceptors (Lipinski definition) is 2. The Morgan fingerprint density at radius 1 is 1.11 bits per heavy atom. The summed E-state index contributed by atoms with van der Waals surface area (Å²) in [6.07, 6.45) is 6.89. The zero-order valence-corrected chi connectivity index (χ0v) is 12.1. The highest BCUT2D eigenvalue weighted by atomic mass is 15.2. The van der Waals surface area contributed by atoms with Crippen LogP contribution in [0.3, 0.4) is 0 Å². The fourth-order valence-corrected chi connectivity index (χ4v) is 2.64. The van der Waals surface area contributed by atoms with Gasteiger partial charge >= 0.3 is 0 Å². The van der Waals surface area contributed by atoms with Crippen LogP contribution in [0.2, 0.25) is 0 Å². The molecule has 2 nitrogen and oxygen atoms in total. The molecule has 2 fully saturated rings. The molecule has 0 radical (unpaired) electrons. The van der Waals surface area contributed by atoms with E-state index in [4.69, 9.17) is 0 Å². The van der Waals surface area contributed by atoms with E-state index in [-0.39, 0.29) is 0 Å². The van der Waals surface area contributed by atoms with E-state index >= 15 is 0 Å². The molecule has 0 amide bonds. The van der Waals surface area contributed by atoms with Crippen molar-refractivity contribution < 1.29 is 0 Å². The monoisotopic (exact) mass is 258 g/mol. The summed E-state index contributed by atoms with van der Waals surface area (Å²) in [5, 5.41) is 3.46. The van der Waals surface area contributed by atoms with Crippen LogP contribution < -0.4 is 10.2 Å². The Balaban J connectivity index is 1.59. The van der Waals surface area contributed by atoms with Crippen LogP contribution in [-0.4, -0.2) is 19.1 Å². The van der Waals surface area contributed by atoms with Crippen LogP contribution in [0.4, 0.5) is 5.69 Å². The van der Waals surface area contributed by atoms with Crippen LogP contribution in [0.25, 0.3) is 0 Å². The first-order valence-corrected chi connectivity index (χ1v) is 7.93. The number of nitrogens with zero attached hydrogens (tertiary/aromatic N) is 1. The molecule has 0 aliphatic heterocycles. The van der Waals surface area contributed by atoms with E-state index in [2.05, 4.69) is 41.4 Å². The number of rotatable bonds is 8. The summed E-state index contributed by atoms with van der Waals surface area (Å²) in [6, 6.07) is 10.1. The Hall–Kier alpha value is -1.02. The molecule has 1 aromatic carbocycles. The lowest BCUT2D eigenvalue weighted by Gasteiger charge is -2.25. The predicted molar refractivity (Wildman–Crippen MR) is 81.5 cm³/mol. The standard InChI is InChI=1S/C17H26N2/c1-2-11-18-12-14-5-7-16(8-6-14)19(17-9-10-17)13-15-3-4-15/h5-8,15,17-18H,2-4,9-13H2,1H3. The third kappa shape index (κ3) is 3.73. The average Bonchev–Trinajstić information content (AvgIpc) is 3.30. The van der Waals surface area contributed by atoms with Crippen molar-refractivity contribution in [2.24, 2.45) is 5.92 Å². The lowest BCUT2D eigenvalue weighted by Crippen LogP contribution is -2.27. The van der Waals surface area contributed by atoms with Crippen molar-refractivity contribution in [1.29, 1.82) is 0 Å². The molecule has 2 heteroatoms. The van der Waals surface area contributed by atoms with Crippen molar-refractivity contribution >= 4 is 5.69 Å². The Bertz CT molecular complexity index is 390. The molecule has 2 saturated carbocycles. The molecule has 0 spiro atoms. The topological polar surface area (TPSA) is 15.3 Å². The molecule has 19 heavy (non-hydrogen) atoms. The van der Waals surface area contributed by atoms with E-state index in [1.54, 1.807) is 0 Å². The minimum Gasteiger partial charge on any atom is -0.368 e. The van der Waals surface area contributed by atoms with Crippen LogP contribution >= 0.6 is 0 Å². The zero-order chi connectivity index (χ0) is 13.1. The normalized spacial score (nSPS) is 18.6. The maximum absolute atomic E-state index is 3.46. The lowest BCUT2D eigenvalue weighted by molar-refractivity contribution is 0.675. The second-order valence-corrected chi connectivity index (χ2v) is 6.17. The third-order valence-corrected chi connectivity index (χ3v) is 4.16. The van der Waals surface area contributed by atoms with Crippen molar-refractivity contribution in [3.05, 3.63) is 29.8 Å². The summed E-state index contributed by atoms with van der Waals surface area (Å²) >= 11 is 0. The predicted octanol–water partition coefficient (Wildman–Crippen LogP) is 3.57. The van der Waals surface area contributed by atoms with E-state index in [0.717, 1.165) is 25.0 Å². The van der Waals surface area contributed by atoms with E-state index in [9.17, 15) is 0 Å². The molecule has 0 heterocycles. The van der Waals surface area contributed by atoms with Gasteiger partial charge in [0, 0.05) is 24.8 Å². The van der Waals surface area contributed by atoms with E-state index in [1.807, 2.05) is 0 Å². The van der Waals surface area contributed by atoms with Crippen LogP contribution in [0.15, 0.2) is 24.3 Å². The van der Waals surface area contributed by atoms with Crippen molar-refractivity contribution in [1.82, 2.24) is 5.32 Å². The maximum Gasteiger partial charge on any atom is 0.0368 e. The molecule has 2 aliphatic carbocycles. The van der Waals surface area contributed by atoms with Crippen molar-refractivity contribution in [2.45, 2.75) is 51.6 Å². The van der Waals surface area contributed by atoms with Gasteiger partial charge in [-0.2, -0.15) is 0 Å². The third-order valence-electron chi connectivity index (χ3n) is 4.16. The second-order valence-electron chi connectivity index (χ2n) is 6.17. The molecule has 104 valence electrons. The summed E-state index contributed by atoms with van der Waals surface area (Å²) < 4.78 is 0. The molecule has 2 aliphatic rings. The fourth-order valence-electron chi connectivity index (χ4n) is 2.64. The van der Waals surface area contributed by atoms with Crippen LogP contribution in [0.5, 0.6) is 0 Å². The summed E-state index contributed by atoms with van der Waals surface area (Å²) in [5.74, 6) is 0.978. The summed E-state index contributed by atoms with van der Waals surface area (Å²) in [6.45, 7) is 5.61. The molecule has 1 N–H and O–H groups in total. The van der Waals surface area contributed by atoms with Crippen molar-refractivity contribution in [3.63, 3.8) is 0 Å². The highest BCUT2D eigenvalue weighted by Crippen LogP contribution is 2.37. The highest BCUT2D eigenvalue weighted by Gasteiger charge is 2.33. The first-order chi connectivity index (χ1) is 9.36. The average molecular weight is 258 g/mol. The van der Waals surface area contributed by atoms with E-state index in [1.165, 1.54) is 49.9 Å². The SMILES string of the molecule is CCCNCc1ccc(N(CC2CC2)C2CC2)cc1. The van der Waals surface area contributed by atoms with Gasteiger partial charge in [0.15, 0.2) is 0 Å². The van der Waals surface area contributed by atoms with E-state index < -0.39 is 0 Å². The van der Waals surface area contributed by atoms with Crippen molar-refractivity contribution in [2.75, 3.05) is 18.0 Å². The van der Waals surface area contributed by atoms with Gasteiger partial charge in [0.25, 0.3) is 0 Å². The van der Waals surface area contributed by atoms with Crippen molar-refractivity contribution in [3.8, 4) is 0 Å². The largest absolute Gasteiger partial charge is 0.368 e. The smallest absolute Gasteiger partial charge is 0.0368 e. The molecule has 0 bridgehead atoms. The molecule has 0 saturated heterocycles. The highest BCUT2D eigenvalue weighted by molar-refractivity contribution is 5.50. The molecule has 0 aromatic heterocycles. The van der Waals surface area contributed by atoms with Gasteiger partial charge in [-0.3, -0.25) is 0 Å². The van der Waals surface area contributed by atoms with Gasteiger partial charge in [-0.25, -0.2) is 0 Å². The van der Waals surface area contributed by atoms with Gasteiger partial charge in [-0.05, 0) is 62.3 Å². The number of anilines is 1. The summed E-state index contributed by atoms with van der Waals surface area (Å²) in [7, 11) is 0.